The number of aryl methyl sites for hydroxylation is 2. The minimum Gasteiger partial charge on any atom is -0.389 e. The van der Waals surface area contributed by atoms with Gasteiger partial charge >= 0.3 is 5.97 Å². The van der Waals surface area contributed by atoms with Gasteiger partial charge in [-0.3, -0.25) is 14.6 Å². The molecule has 0 aliphatic heterocycles. The molecular weight excluding hydrogens is 444 g/mol. The number of carbonyl (C=O) groups excluding carboxylic acids is 2. The van der Waals surface area contributed by atoms with Crippen molar-refractivity contribution in [3.8, 4) is 5.75 Å². The lowest BCUT2D eigenvalue weighted by atomic mass is 9.71. The summed E-state index contributed by atoms with van der Waals surface area (Å²) in [6.07, 6.45) is 5.76. The van der Waals surface area contributed by atoms with Crippen LogP contribution in [0.15, 0.2) is 30.5 Å². The van der Waals surface area contributed by atoms with Gasteiger partial charge in [0.2, 0.25) is 0 Å². The zero-order chi connectivity index (χ0) is 26.2. The highest BCUT2D eigenvalue weighted by Gasteiger charge is 2.33. The van der Waals surface area contributed by atoms with Gasteiger partial charge in [-0.1, -0.05) is 39.3 Å². The molecule has 7 nitrogen and oxygen atoms in total. The molecule has 0 unspecified atom stereocenters. The fraction of sp³-hybridized carbons (Fsp3) is 0.571. The number of amides is 1. The Hall–Kier alpha value is -2.80. The predicted octanol–water partition coefficient (Wildman–Crippen LogP) is 5.45. The smallest absolute Gasteiger partial charge is 0.355 e. The summed E-state index contributed by atoms with van der Waals surface area (Å²) in [5.74, 6) is -0.0632. The summed E-state index contributed by atoms with van der Waals surface area (Å²) >= 11 is 0. The van der Waals surface area contributed by atoms with Gasteiger partial charge in [0.25, 0.3) is 5.91 Å². The molecule has 7 heteroatoms. The van der Waals surface area contributed by atoms with Crippen LogP contribution in [0.25, 0.3) is 0 Å². The van der Waals surface area contributed by atoms with Crippen LogP contribution in [0.2, 0.25) is 0 Å². The molecule has 0 bridgehead atoms. The molecule has 2 N–H and O–H groups in total. The lowest BCUT2D eigenvalue weighted by molar-refractivity contribution is -0.214. The van der Waals surface area contributed by atoms with Crippen LogP contribution in [0, 0.1) is 6.92 Å². The standard InChI is InChI=1S/C28H42N2O5/c1-8-12-13-25(31)35-34-24-15-14-21(16-20(24)5)28(9-2,10-3)22-17-23(30(11-4)18-22)26(32)29-19-27(6,7)33/h14-18,33H,8-13,19H2,1-7H3,(H,29,32). The van der Waals surface area contributed by atoms with Gasteiger partial charge in [0, 0.05) is 24.7 Å². The maximum absolute atomic E-state index is 12.9. The lowest BCUT2D eigenvalue weighted by Crippen LogP contribution is -2.38. The quantitative estimate of drug-likeness (QED) is 0.290. The van der Waals surface area contributed by atoms with Crippen molar-refractivity contribution in [1.82, 2.24) is 9.88 Å². The van der Waals surface area contributed by atoms with E-state index in [1.165, 1.54) is 0 Å². The van der Waals surface area contributed by atoms with Crippen LogP contribution in [0.3, 0.4) is 0 Å². The van der Waals surface area contributed by atoms with Crippen molar-refractivity contribution in [1.29, 1.82) is 0 Å². The van der Waals surface area contributed by atoms with Gasteiger partial charge in [-0.25, -0.2) is 4.79 Å². The highest BCUT2D eigenvalue weighted by Crippen LogP contribution is 2.41. The zero-order valence-electron chi connectivity index (χ0n) is 22.4. The Labute approximate surface area is 209 Å². The second-order valence-electron chi connectivity index (χ2n) is 9.81. The third kappa shape index (κ3) is 7.10. The van der Waals surface area contributed by atoms with Gasteiger partial charge < -0.3 is 15.0 Å². The number of hydrogen-bond donors (Lipinski definition) is 2. The summed E-state index contributed by atoms with van der Waals surface area (Å²) < 4.78 is 1.95. The number of aromatic nitrogens is 1. The number of rotatable bonds is 13. The second-order valence-corrected chi connectivity index (χ2v) is 9.81. The summed E-state index contributed by atoms with van der Waals surface area (Å²) in [6, 6.07) is 7.88. The number of carbonyl (C=O) groups is 2. The van der Waals surface area contributed by atoms with Crippen molar-refractivity contribution >= 4 is 11.9 Å². The van der Waals surface area contributed by atoms with Crippen molar-refractivity contribution < 1.29 is 24.5 Å². The fourth-order valence-electron chi connectivity index (χ4n) is 4.34. The van der Waals surface area contributed by atoms with Crippen molar-refractivity contribution in [3.05, 3.63) is 52.8 Å². The monoisotopic (exact) mass is 486 g/mol. The average Bonchev–Trinajstić information content (AvgIpc) is 3.26. The van der Waals surface area contributed by atoms with E-state index in [0.717, 1.165) is 42.4 Å². The molecule has 0 aliphatic rings. The highest BCUT2D eigenvalue weighted by molar-refractivity contribution is 5.93. The summed E-state index contributed by atoms with van der Waals surface area (Å²) in [4.78, 5) is 35.0. The van der Waals surface area contributed by atoms with E-state index in [-0.39, 0.29) is 23.8 Å². The summed E-state index contributed by atoms with van der Waals surface area (Å²) in [6.45, 7) is 14.4. The molecule has 0 radical (unpaired) electrons. The molecule has 0 spiro atoms. The van der Waals surface area contributed by atoms with Gasteiger partial charge in [-0.2, -0.15) is 0 Å². The molecule has 1 aromatic carbocycles. The minimum atomic E-state index is -0.982. The molecule has 194 valence electrons. The minimum absolute atomic E-state index is 0.173. The third-order valence-electron chi connectivity index (χ3n) is 6.60. The maximum Gasteiger partial charge on any atom is 0.355 e. The Morgan fingerprint density at radius 2 is 1.74 bits per heavy atom. The number of unbranched alkanes of at least 4 members (excludes halogenated alkanes) is 1. The van der Waals surface area contributed by atoms with E-state index in [1.54, 1.807) is 13.8 Å². The van der Waals surface area contributed by atoms with Crippen molar-refractivity contribution in [2.45, 2.75) is 98.1 Å². The molecule has 0 atom stereocenters. The number of nitrogens with zero attached hydrogens (tertiary/aromatic N) is 1. The van der Waals surface area contributed by atoms with Gasteiger partial charge in [0.1, 0.15) is 5.69 Å². The van der Waals surface area contributed by atoms with Crippen molar-refractivity contribution in [3.63, 3.8) is 0 Å². The van der Waals surface area contributed by atoms with E-state index in [9.17, 15) is 14.7 Å². The first-order chi connectivity index (χ1) is 16.5. The topological polar surface area (TPSA) is 89.8 Å². The van der Waals surface area contributed by atoms with Crippen molar-refractivity contribution in [2.75, 3.05) is 6.54 Å². The van der Waals surface area contributed by atoms with Gasteiger partial charge in [-0.05, 0) is 75.8 Å². The molecule has 2 rings (SSSR count). The van der Waals surface area contributed by atoms with Crippen LogP contribution in [-0.4, -0.2) is 33.7 Å². The van der Waals surface area contributed by atoms with Crippen LogP contribution in [0.5, 0.6) is 5.75 Å². The highest BCUT2D eigenvalue weighted by atomic mass is 17.2. The van der Waals surface area contributed by atoms with Gasteiger partial charge in [-0.15, -0.1) is 0 Å². The predicted molar refractivity (Wildman–Crippen MR) is 138 cm³/mol. The van der Waals surface area contributed by atoms with Crippen LogP contribution >= 0.6 is 0 Å². The van der Waals surface area contributed by atoms with Crippen molar-refractivity contribution in [2.24, 2.45) is 0 Å². The largest absolute Gasteiger partial charge is 0.389 e. The number of aliphatic hydroxyl groups is 1. The normalized spacial score (nSPS) is 11.9. The molecule has 2 aromatic rings. The average molecular weight is 487 g/mol. The van der Waals surface area contributed by atoms with Gasteiger partial charge in [0.05, 0.1) is 12.0 Å². The van der Waals surface area contributed by atoms with E-state index in [1.807, 2.05) is 43.5 Å². The first-order valence-electron chi connectivity index (χ1n) is 12.7. The summed E-state index contributed by atoms with van der Waals surface area (Å²) in [5.41, 5.74) is 2.35. The molecule has 0 saturated carbocycles. The van der Waals surface area contributed by atoms with E-state index in [0.29, 0.717) is 24.4 Å². The van der Waals surface area contributed by atoms with Gasteiger partial charge in [0.15, 0.2) is 5.75 Å². The Bertz CT molecular complexity index is 999. The van der Waals surface area contributed by atoms with Crippen LogP contribution < -0.4 is 10.2 Å². The van der Waals surface area contributed by atoms with E-state index >= 15 is 0 Å². The Balaban J connectivity index is 2.35. The summed E-state index contributed by atoms with van der Waals surface area (Å²) in [7, 11) is 0. The molecule has 0 fully saturated rings. The first kappa shape index (κ1) is 28.4. The molecule has 1 heterocycles. The maximum atomic E-state index is 12.9. The number of nitrogens with one attached hydrogen (secondary N) is 1. The third-order valence-corrected chi connectivity index (χ3v) is 6.60. The summed E-state index contributed by atoms with van der Waals surface area (Å²) in [5, 5.41) is 12.8. The Morgan fingerprint density at radius 3 is 2.29 bits per heavy atom. The van der Waals surface area contributed by atoms with Crippen LogP contribution in [0.1, 0.15) is 101 Å². The van der Waals surface area contributed by atoms with E-state index in [4.69, 9.17) is 9.78 Å². The fourth-order valence-corrected chi connectivity index (χ4v) is 4.34. The molecule has 1 aromatic heterocycles. The Morgan fingerprint density at radius 1 is 1.06 bits per heavy atom. The van der Waals surface area contributed by atoms with E-state index in [2.05, 4.69) is 31.4 Å². The number of benzene rings is 1. The SMILES string of the molecule is CCCCC(=O)OOc1ccc(C(CC)(CC)c2cc(C(=O)NCC(C)(C)O)n(CC)c2)cc1C. The number of hydrogen-bond acceptors (Lipinski definition) is 5. The molecule has 0 aliphatic carbocycles. The second kappa shape index (κ2) is 12.2. The van der Waals surface area contributed by atoms with Crippen LogP contribution in [-0.2, 0) is 21.6 Å². The molecule has 35 heavy (non-hydrogen) atoms. The molecule has 0 saturated heterocycles. The first-order valence-corrected chi connectivity index (χ1v) is 12.7. The molecule has 1 amide bonds. The van der Waals surface area contributed by atoms with Crippen LogP contribution in [0.4, 0.5) is 0 Å². The zero-order valence-corrected chi connectivity index (χ0v) is 22.4. The Kier molecular flexibility index (Phi) is 9.95. The van der Waals surface area contributed by atoms with E-state index < -0.39 is 5.60 Å². The molecular formula is C28H42N2O5. The lowest BCUT2D eigenvalue weighted by Gasteiger charge is -2.32.